The van der Waals surface area contributed by atoms with Crippen LogP contribution in [0.25, 0.3) is 0 Å². The summed E-state index contributed by atoms with van der Waals surface area (Å²) in [6.45, 7) is 19.1. The van der Waals surface area contributed by atoms with E-state index >= 15 is 0 Å². The molecular formula is C28H64O2. The van der Waals surface area contributed by atoms with Crippen molar-refractivity contribution in [2.75, 3.05) is 0 Å². The van der Waals surface area contributed by atoms with Crippen molar-refractivity contribution in [3.63, 3.8) is 0 Å². The average molecular weight is 433 g/mol. The fraction of sp³-hybridized carbons (Fsp3) is 1.00. The molecule has 0 amide bonds. The molecular weight excluding hydrogens is 368 g/mol. The maximum absolute atomic E-state index is 2.41. The van der Waals surface area contributed by atoms with Gasteiger partial charge in [-0.2, -0.15) is 0 Å². The van der Waals surface area contributed by atoms with Crippen molar-refractivity contribution >= 4 is 0 Å². The Labute approximate surface area is 193 Å². The molecule has 3 aliphatic rings. The third-order valence-electron chi connectivity index (χ3n) is 8.31. The monoisotopic (exact) mass is 432 g/mol. The van der Waals surface area contributed by atoms with Crippen molar-refractivity contribution in [3.8, 4) is 0 Å². The summed E-state index contributed by atoms with van der Waals surface area (Å²) in [5.74, 6) is 7.90. The first-order valence-corrected chi connectivity index (χ1v) is 12.2. The molecule has 3 fully saturated rings. The normalized spacial score (nSPS) is 37.6. The van der Waals surface area contributed by atoms with Crippen LogP contribution in [0.4, 0.5) is 0 Å². The van der Waals surface area contributed by atoms with Crippen molar-refractivity contribution in [2.45, 2.75) is 134 Å². The van der Waals surface area contributed by atoms with Crippen LogP contribution in [-0.2, 0) is 0 Å². The molecule has 0 aromatic carbocycles. The van der Waals surface area contributed by atoms with Crippen LogP contribution >= 0.6 is 0 Å². The largest absolute Gasteiger partial charge is 0.412 e. The molecule has 0 radical (unpaired) electrons. The third-order valence-corrected chi connectivity index (χ3v) is 8.31. The highest BCUT2D eigenvalue weighted by Crippen LogP contribution is 2.37. The van der Waals surface area contributed by atoms with Gasteiger partial charge in [0.05, 0.1) is 0 Å². The fourth-order valence-electron chi connectivity index (χ4n) is 4.94. The average Bonchev–Trinajstić information content (AvgIpc) is 2.63. The highest BCUT2D eigenvalue weighted by Gasteiger charge is 2.28. The van der Waals surface area contributed by atoms with E-state index < -0.39 is 0 Å². The topological polar surface area (TPSA) is 63.0 Å². The van der Waals surface area contributed by atoms with E-state index in [1.807, 2.05) is 0 Å². The van der Waals surface area contributed by atoms with Gasteiger partial charge in [-0.3, -0.25) is 0 Å². The number of rotatable bonds is 0. The van der Waals surface area contributed by atoms with Gasteiger partial charge in [0.25, 0.3) is 0 Å². The molecule has 3 aliphatic carbocycles. The van der Waals surface area contributed by atoms with E-state index in [0.717, 1.165) is 47.3 Å². The van der Waals surface area contributed by atoms with Crippen LogP contribution in [-0.4, -0.2) is 11.0 Å². The Morgan fingerprint density at radius 1 is 0.333 bits per heavy atom. The molecule has 30 heavy (non-hydrogen) atoms. The molecule has 0 heterocycles. The summed E-state index contributed by atoms with van der Waals surface area (Å²) < 4.78 is 0. The molecule has 4 atom stereocenters. The molecule has 188 valence electrons. The summed E-state index contributed by atoms with van der Waals surface area (Å²) in [6, 6.07) is 0. The number of hydrogen-bond acceptors (Lipinski definition) is 0. The Hall–Kier alpha value is -0.0800. The van der Waals surface area contributed by atoms with Gasteiger partial charge in [0.15, 0.2) is 0 Å². The zero-order valence-electron chi connectivity index (χ0n) is 20.7. The van der Waals surface area contributed by atoms with Crippen molar-refractivity contribution in [3.05, 3.63) is 0 Å². The van der Waals surface area contributed by atoms with E-state index in [0.29, 0.717) is 0 Å². The van der Waals surface area contributed by atoms with Crippen molar-refractivity contribution in [1.82, 2.24) is 0 Å². The molecule has 0 spiro atoms. The van der Waals surface area contributed by atoms with Gasteiger partial charge in [0, 0.05) is 0 Å². The lowest BCUT2D eigenvalue weighted by Crippen LogP contribution is -2.27. The van der Waals surface area contributed by atoms with E-state index in [2.05, 4.69) is 55.4 Å². The Balaban J connectivity index is -0.000000160. The zero-order chi connectivity index (χ0) is 19.7. The van der Waals surface area contributed by atoms with Crippen molar-refractivity contribution < 1.29 is 11.0 Å². The molecule has 4 unspecified atom stereocenters. The van der Waals surface area contributed by atoms with Crippen LogP contribution < -0.4 is 0 Å². The summed E-state index contributed by atoms with van der Waals surface area (Å²) in [4.78, 5) is 0. The molecule has 4 N–H and O–H groups in total. The summed E-state index contributed by atoms with van der Waals surface area (Å²) in [7, 11) is 0. The van der Waals surface area contributed by atoms with Crippen LogP contribution in [0.2, 0.25) is 0 Å². The SMILES string of the molecule is C.C.CC1CCC(C)C(C)C1C.CC1CCC(C)CC1.CC1CCC(C)CC1.O.O. The second-order valence-electron chi connectivity index (χ2n) is 11.0. The van der Waals surface area contributed by atoms with Crippen LogP contribution in [0.1, 0.15) is 134 Å². The number of hydrogen-bond donors (Lipinski definition) is 0. The molecule has 0 saturated heterocycles. The first-order chi connectivity index (χ1) is 12.2. The predicted octanol–water partition coefficient (Wildman–Crippen LogP) is 8.61. The van der Waals surface area contributed by atoms with Crippen LogP contribution in [0.15, 0.2) is 0 Å². The maximum Gasteiger partial charge on any atom is -0.0389 e. The third kappa shape index (κ3) is 14.8. The van der Waals surface area contributed by atoms with Gasteiger partial charge >= 0.3 is 0 Å². The minimum Gasteiger partial charge on any atom is -0.412 e. The van der Waals surface area contributed by atoms with E-state index in [9.17, 15) is 0 Å². The maximum atomic E-state index is 2.41. The summed E-state index contributed by atoms with van der Waals surface area (Å²) in [5.41, 5.74) is 0. The summed E-state index contributed by atoms with van der Waals surface area (Å²) in [6.07, 6.45) is 14.7. The van der Waals surface area contributed by atoms with E-state index in [1.165, 1.54) is 64.2 Å². The van der Waals surface area contributed by atoms with Crippen LogP contribution in [0.5, 0.6) is 0 Å². The second kappa shape index (κ2) is 19.6. The van der Waals surface area contributed by atoms with Crippen LogP contribution in [0.3, 0.4) is 0 Å². The molecule has 0 aromatic rings. The molecule has 2 nitrogen and oxygen atoms in total. The van der Waals surface area contributed by atoms with E-state index in [4.69, 9.17) is 0 Å². The molecule has 0 aromatic heterocycles. The lowest BCUT2D eigenvalue weighted by atomic mass is 9.69. The zero-order valence-corrected chi connectivity index (χ0v) is 20.7. The van der Waals surface area contributed by atoms with Gasteiger partial charge in [-0.25, -0.2) is 0 Å². The highest BCUT2D eigenvalue weighted by atomic mass is 16.0. The highest BCUT2D eigenvalue weighted by molar-refractivity contribution is 4.78. The van der Waals surface area contributed by atoms with Crippen molar-refractivity contribution in [1.29, 1.82) is 0 Å². The Bertz CT molecular complexity index is 287. The van der Waals surface area contributed by atoms with Crippen molar-refractivity contribution in [2.24, 2.45) is 47.3 Å². The minimum absolute atomic E-state index is 0. The van der Waals surface area contributed by atoms with Gasteiger partial charge in [0.2, 0.25) is 0 Å². The molecule has 2 heteroatoms. The standard InChI is InChI=1S/C10H20.2C8H16.2CH4.2H2O/c1-7-5-6-8(2)10(4)9(7)3;2*1-7-3-5-8(2)6-4-7;;;;/h7-10H,5-6H2,1-4H3;2*7-8H,3-6H2,1-2H3;2*1H4;2*1H2. The van der Waals surface area contributed by atoms with Gasteiger partial charge in [-0.05, 0) is 47.3 Å². The van der Waals surface area contributed by atoms with Crippen LogP contribution in [0, 0.1) is 47.3 Å². The van der Waals surface area contributed by atoms with E-state index in [-0.39, 0.29) is 25.8 Å². The second-order valence-corrected chi connectivity index (χ2v) is 11.0. The predicted molar refractivity (Wildman–Crippen MR) is 140 cm³/mol. The summed E-state index contributed by atoms with van der Waals surface area (Å²) >= 11 is 0. The first kappa shape index (κ1) is 37.2. The lowest BCUT2D eigenvalue weighted by Gasteiger charge is -2.36. The van der Waals surface area contributed by atoms with E-state index in [1.54, 1.807) is 0 Å². The fourth-order valence-corrected chi connectivity index (χ4v) is 4.94. The molecule has 3 saturated carbocycles. The van der Waals surface area contributed by atoms with Gasteiger partial charge in [-0.15, -0.1) is 0 Å². The quantitative estimate of drug-likeness (QED) is 0.368. The smallest absolute Gasteiger partial charge is 0.0389 e. The summed E-state index contributed by atoms with van der Waals surface area (Å²) in [5, 5.41) is 0. The Kier molecular flexibility index (Phi) is 24.3. The van der Waals surface area contributed by atoms with Gasteiger partial charge in [0.1, 0.15) is 0 Å². The Morgan fingerprint density at radius 2 is 0.500 bits per heavy atom. The lowest BCUT2D eigenvalue weighted by molar-refractivity contribution is 0.137. The Morgan fingerprint density at radius 3 is 0.667 bits per heavy atom. The first-order valence-electron chi connectivity index (χ1n) is 12.2. The van der Waals surface area contributed by atoms with Gasteiger partial charge < -0.3 is 11.0 Å². The molecule has 3 rings (SSSR count). The van der Waals surface area contributed by atoms with Gasteiger partial charge in [-0.1, -0.05) is 134 Å². The molecule has 0 aliphatic heterocycles. The minimum atomic E-state index is 0. The molecule has 0 bridgehead atoms.